The summed E-state index contributed by atoms with van der Waals surface area (Å²) in [6, 6.07) is 0. The van der Waals surface area contributed by atoms with Gasteiger partial charge in [-0.15, -0.1) is 0 Å². The second-order valence-electron chi connectivity index (χ2n) is 15.5. The summed E-state index contributed by atoms with van der Waals surface area (Å²) in [6.45, 7) is 52.4. The molecule has 0 aromatic heterocycles. The third-order valence-corrected chi connectivity index (χ3v) is 7.63. The number of rotatable bonds is 10. The summed E-state index contributed by atoms with van der Waals surface area (Å²) < 4.78 is 0. The molecule has 0 spiro atoms. The lowest BCUT2D eigenvalue weighted by atomic mass is 9.89. The Kier molecular flexibility index (Phi) is 39.6. The van der Waals surface area contributed by atoms with Crippen LogP contribution in [0, 0.1) is 59.2 Å². The minimum absolute atomic E-state index is 0. The normalized spacial score (nSPS) is 10.4. The van der Waals surface area contributed by atoms with Crippen LogP contribution in [0.25, 0.3) is 0 Å². The van der Waals surface area contributed by atoms with Crippen LogP contribution in [-0.4, -0.2) is 38.3 Å². The number of allylic oxidation sites excluding steroid dienone is 3. The maximum absolute atomic E-state index is 4.20. The maximum Gasteiger partial charge on any atom is 0.0276 e. The summed E-state index contributed by atoms with van der Waals surface area (Å²) in [5.74, 6) is 6.36. The third-order valence-electron chi connectivity index (χ3n) is 7.63. The Morgan fingerprint density at radius 1 is 0.348 bits per heavy atom. The van der Waals surface area contributed by atoms with Gasteiger partial charge in [-0.05, 0) is 73.0 Å². The molecule has 0 saturated heterocycles. The molecule has 0 aromatic rings. The van der Waals surface area contributed by atoms with Gasteiger partial charge in [-0.25, -0.2) is 0 Å². The monoisotopic (exact) mass is 650 g/mol. The van der Waals surface area contributed by atoms with Gasteiger partial charge in [0.1, 0.15) is 0 Å². The first-order chi connectivity index (χ1) is 20.3. The fourth-order valence-corrected chi connectivity index (χ4v) is 6.04. The molecule has 0 rings (SSSR count). The van der Waals surface area contributed by atoms with Gasteiger partial charge in [-0.1, -0.05) is 169 Å². The van der Waals surface area contributed by atoms with Crippen molar-refractivity contribution in [2.45, 2.75) is 160 Å². The molecule has 0 saturated carbocycles. The Bertz CT molecular complexity index is 719. The van der Waals surface area contributed by atoms with Gasteiger partial charge in [-0.2, -0.15) is 0 Å². The molecule has 0 aliphatic heterocycles. The minimum atomic E-state index is 0. The lowest BCUT2D eigenvalue weighted by Crippen LogP contribution is -2.14. The van der Waals surface area contributed by atoms with Crippen molar-refractivity contribution < 1.29 is 0 Å². The van der Waals surface area contributed by atoms with Crippen LogP contribution in [0.3, 0.4) is 0 Å². The summed E-state index contributed by atoms with van der Waals surface area (Å²) in [7, 11) is 5.61. The van der Waals surface area contributed by atoms with Gasteiger partial charge >= 0.3 is 0 Å². The average Bonchev–Trinajstić information content (AvgIpc) is 2.84. The van der Waals surface area contributed by atoms with Gasteiger partial charge in [0.05, 0.1) is 0 Å². The van der Waals surface area contributed by atoms with Crippen molar-refractivity contribution in [1.29, 1.82) is 0 Å². The molecule has 0 radical (unpaired) electrons. The Morgan fingerprint density at radius 2 is 0.522 bits per heavy atom. The van der Waals surface area contributed by atoms with E-state index >= 15 is 0 Å². The summed E-state index contributed by atoms with van der Waals surface area (Å²) in [6.07, 6.45) is 0. The van der Waals surface area contributed by atoms with Gasteiger partial charge in [0.15, 0.2) is 0 Å². The van der Waals surface area contributed by atoms with Crippen molar-refractivity contribution in [3.8, 4) is 0 Å². The van der Waals surface area contributed by atoms with Crippen LogP contribution in [0.2, 0.25) is 0 Å². The van der Waals surface area contributed by atoms with Crippen LogP contribution in [0.15, 0.2) is 38.3 Å². The average molecular weight is 650 g/mol. The van der Waals surface area contributed by atoms with E-state index in [1.165, 1.54) is 28.3 Å². The second-order valence-corrected chi connectivity index (χ2v) is 15.5. The van der Waals surface area contributed by atoms with E-state index in [4.69, 9.17) is 0 Å². The van der Waals surface area contributed by atoms with Crippen LogP contribution in [0.5, 0.6) is 0 Å². The van der Waals surface area contributed by atoms with E-state index in [1.54, 1.807) is 5.57 Å². The van der Waals surface area contributed by atoms with Crippen molar-refractivity contribution >= 4 is 17.1 Å². The van der Waals surface area contributed by atoms with Gasteiger partial charge in [0.2, 0.25) is 0 Å². The van der Waals surface area contributed by atoms with Crippen molar-refractivity contribution in [2.75, 3.05) is 21.1 Å². The molecular weight excluding hydrogens is 558 g/mol. The maximum atomic E-state index is 4.20. The highest BCUT2D eigenvalue weighted by Crippen LogP contribution is 2.22. The zero-order valence-electron chi connectivity index (χ0n) is 35.8. The Labute approximate surface area is 294 Å². The van der Waals surface area contributed by atoms with Crippen LogP contribution >= 0.6 is 0 Å². The van der Waals surface area contributed by atoms with E-state index in [-0.39, 0.29) is 7.43 Å². The van der Waals surface area contributed by atoms with Crippen molar-refractivity contribution in [3.63, 3.8) is 0 Å². The molecule has 0 amide bonds. The lowest BCUT2D eigenvalue weighted by molar-refractivity contribution is 0.615. The highest BCUT2D eigenvalue weighted by atomic mass is 14.7. The van der Waals surface area contributed by atoms with Gasteiger partial charge < -0.3 is 0 Å². The quantitative estimate of drug-likeness (QED) is 0.167. The molecule has 0 atom stereocenters. The van der Waals surface area contributed by atoms with Crippen LogP contribution in [-0.2, 0) is 0 Å². The fraction of sp³-hybridized carbons (Fsp3) is 0.837. The van der Waals surface area contributed by atoms with E-state index in [0.717, 1.165) is 0 Å². The van der Waals surface area contributed by atoms with Crippen LogP contribution < -0.4 is 0 Å². The first-order valence-electron chi connectivity index (χ1n) is 18.0. The van der Waals surface area contributed by atoms with Crippen molar-refractivity contribution in [2.24, 2.45) is 74.2 Å². The molecule has 278 valence electrons. The predicted octanol–water partition coefficient (Wildman–Crippen LogP) is 14.2. The van der Waals surface area contributed by atoms with Crippen molar-refractivity contribution in [1.82, 2.24) is 0 Å². The molecule has 0 aromatic carbocycles. The van der Waals surface area contributed by atoms with E-state index < -0.39 is 0 Å². The lowest BCUT2D eigenvalue weighted by Gasteiger charge is -2.17. The van der Waals surface area contributed by atoms with Crippen LogP contribution in [0.4, 0.5) is 0 Å². The van der Waals surface area contributed by atoms with E-state index in [2.05, 4.69) is 174 Å². The summed E-state index contributed by atoms with van der Waals surface area (Å²) >= 11 is 0. The summed E-state index contributed by atoms with van der Waals surface area (Å²) in [5, 5.41) is 0. The molecule has 0 aliphatic rings. The SMILES string of the molecule is C.C=C(C(C)C)C(C)C.CC(C)=C(C(C)C)C(C)C.CN=C(C(C)C)C(C)C.CN=C(C(C)C)C(C)C.CN=C(C(C)C)C(C)C. The summed E-state index contributed by atoms with van der Waals surface area (Å²) in [5.41, 5.74) is 8.40. The highest BCUT2D eigenvalue weighted by Gasteiger charge is 2.10. The van der Waals surface area contributed by atoms with Gasteiger partial charge in [0, 0.05) is 38.3 Å². The molecule has 0 N–H and O–H groups in total. The number of aliphatic imine (C=N–C) groups is 3. The van der Waals surface area contributed by atoms with Crippen molar-refractivity contribution in [3.05, 3.63) is 23.3 Å². The first kappa shape index (κ1) is 56.8. The molecule has 0 aliphatic carbocycles. The Hall–Kier alpha value is -1.51. The summed E-state index contributed by atoms with van der Waals surface area (Å²) in [4.78, 5) is 12.6. The van der Waals surface area contributed by atoms with Gasteiger partial charge in [-0.3, -0.25) is 15.0 Å². The smallest absolute Gasteiger partial charge is 0.0276 e. The first-order valence-corrected chi connectivity index (χ1v) is 18.0. The third kappa shape index (κ3) is 31.1. The van der Waals surface area contributed by atoms with E-state index in [1.807, 2.05) is 21.1 Å². The molecule has 0 fully saturated rings. The number of nitrogens with zero attached hydrogens (tertiary/aromatic N) is 3. The van der Waals surface area contributed by atoms with E-state index in [9.17, 15) is 0 Å². The van der Waals surface area contributed by atoms with Gasteiger partial charge in [0.25, 0.3) is 0 Å². The zero-order valence-corrected chi connectivity index (χ0v) is 35.8. The largest absolute Gasteiger partial charge is 0.297 e. The fourth-order valence-electron chi connectivity index (χ4n) is 6.04. The second kappa shape index (κ2) is 32.1. The topological polar surface area (TPSA) is 37.1 Å². The molecule has 0 unspecified atom stereocenters. The Morgan fingerprint density at radius 3 is 0.522 bits per heavy atom. The Balaban J connectivity index is -0.000000108. The number of hydrogen-bond acceptors (Lipinski definition) is 3. The van der Waals surface area contributed by atoms with E-state index in [0.29, 0.717) is 59.2 Å². The molecule has 0 bridgehead atoms. The molecule has 46 heavy (non-hydrogen) atoms. The molecular formula is C43H91N3. The standard InChI is InChI=1S/C10H20.3C8H17N.C8H16.CH4/c1-7(2)10(8(3)4)9(5)6;3*1-6(2)8(9-5)7(3)4;1-6(2)8(5)7(3)4;/h7-8H,1-6H3;3*6-7H,1-5H3;6-7H,5H2,1-4H3;1H4. The van der Waals surface area contributed by atoms with Crippen LogP contribution in [0.1, 0.15) is 160 Å². The molecule has 0 heterocycles. The predicted molar refractivity (Wildman–Crippen MR) is 223 cm³/mol. The highest BCUT2D eigenvalue weighted by molar-refractivity contribution is 5.88. The molecule has 3 nitrogen and oxygen atoms in total. The molecule has 3 heteroatoms. The minimum Gasteiger partial charge on any atom is -0.297 e. The number of hydrogen-bond donors (Lipinski definition) is 0. The zero-order chi connectivity index (χ0) is 37.4.